The summed E-state index contributed by atoms with van der Waals surface area (Å²) in [4.78, 5) is 2.52. The molecule has 1 aromatic heterocycles. The molecule has 1 aliphatic rings. The van der Waals surface area contributed by atoms with E-state index >= 15 is 0 Å². The Labute approximate surface area is 166 Å². The van der Waals surface area contributed by atoms with E-state index in [9.17, 15) is 8.42 Å². The van der Waals surface area contributed by atoms with Crippen molar-refractivity contribution in [3.05, 3.63) is 60.3 Å². The van der Waals surface area contributed by atoms with Crippen molar-refractivity contribution in [3.8, 4) is 5.75 Å². The van der Waals surface area contributed by atoms with Crippen LogP contribution in [0.3, 0.4) is 0 Å². The van der Waals surface area contributed by atoms with Crippen molar-refractivity contribution < 1.29 is 12.6 Å². The van der Waals surface area contributed by atoms with Crippen LogP contribution in [-0.2, 0) is 16.7 Å². The van der Waals surface area contributed by atoms with Crippen LogP contribution in [0.25, 0.3) is 10.9 Å². The molecule has 1 saturated heterocycles. The largest absolute Gasteiger partial charge is 0.379 e. The van der Waals surface area contributed by atoms with Gasteiger partial charge in [-0.1, -0.05) is 18.2 Å². The smallest absolute Gasteiger partial charge is 0.339 e. The predicted octanol–water partition coefficient (Wildman–Crippen LogP) is 4.24. The second-order valence-electron chi connectivity index (χ2n) is 7.48. The number of benzene rings is 2. The molecule has 0 bridgehead atoms. The van der Waals surface area contributed by atoms with Crippen LogP contribution in [0.15, 0.2) is 59.6 Å². The Morgan fingerprint density at radius 1 is 1.07 bits per heavy atom. The highest BCUT2D eigenvalue weighted by atomic mass is 32.2. The van der Waals surface area contributed by atoms with Crippen LogP contribution in [0.1, 0.15) is 31.2 Å². The lowest BCUT2D eigenvalue weighted by Gasteiger charge is -2.28. The molecule has 5 nitrogen and oxygen atoms in total. The van der Waals surface area contributed by atoms with Crippen molar-refractivity contribution in [1.29, 1.82) is 0 Å². The zero-order valence-corrected chi connectivity index (χ0v) is 17.2. The molecule has 0 N–H and O–H groups in total. The van der Waals surface area contributed by atoms with Crippen molar-refractivity contribution >= 4 is 21.0 Å². The molecule has 0 spiro atoms. The normalized spacial score (nSPS) is 16.5. The van der Waals surface area contributed by atoms with E-state index in [4.69, 9.17) is 4.18 Å². The van der Waals surface area contributed by atoms with E-state index < -0.39 is 10.1 Å². The molecule has 1 fully saturated rings. The molecule has 4 rings (SSSR count). The summed E-state index contributed by atoms with van der Waals surface area (Å²) in [5, 5.41) is 1.09. The minimum absolute atomic E-state index is 0.164. The van der Waals surface area contributed by atoms with E-state index in [0.29, 0.717) is 11.7 Å². The first-order chi connectivity index (χ1) is 13.5. The highest BCUT2D eigenvalue weighted by molar-refractivity contribution is 7.87. The van der Waals surface area contributed by atoms with Gasteiger partial charge in [0.15, 0.2) is 0 Å². The summed E-state index contributed by atoms with van der Waals surface area (Å²) in [6.07, 6.45) is 4.47. The molecular formula is C22H26N2O3S. The number of likely N-dealkylation sites (tertiary alicyclic amines) is 1. The fourth-order valence-electron chi connectivity index (χ4n) is 4.02. The highest BCUT2D eigenvalue weighted by Crippen LogP contribution is 2.36. The van der Waals surface area contributed by atoms with E-state index in [-0.39, 0.29) is 4.90 Å². The number of fused-ring (bicyclic) bond motifs is 1. The zero-order chi connectivity index (χ0) is 19.7. The molecule has 2 aromatic carbocycles. The molecule has 28 heavy (non-hydrogen) atoms. The third-order valence-electron chi connectivity index (χ3n) is 5.62. The molecular weight excluding hydrogens is 372 g/mol. The van der Waals surface area contributed by atoms with Crippen LogP contribution in [0, 0.1) is 0 Å². The Bertz CT molecular complexity index is 1070. The van der Waals surface area contributed by atoms with Gasteiger partial charge in [-0.05, 0) is 81.7 Å². The molecule has 0 amide bonds. The first-order valence-electron chi connectivity index (χ1n) is 9.79. The molecule has 1 aliphatic heterocycles. The van der Waals surface area contributed by atoms with Gasteiger partial charge in [0.1, 0.15) is 10.6 Å². The van der Waals surface area contributed by atoms with Gasteiger partial charge < -0.3 is 13.7 Å². The van der Waals surface area contributed by atoms with Crippen molar-refractivity contribution in [2.75, 3.05) is 20.1 Å². The van der Waals surface area contributed by atoms with E-state index in [0.717, 1.165) is 43.4 Å². The van der Waals surface area contributed by atoms with Gasteiger partial charge in [-0.2, -0.15) is 8.42 Å². The lowest BCUT2D eigenvalue weighted by molar-refractivity contribution is 0.256. The maximum atomic E-state index is 12.6. The maximum Gasteiger partial charge on any atom is 0.339 e. The summed E-state index contributed by atoms with van der Waals surface area (Å²) in [5.74, 6) is 0.854. The molecule has 3 aromatic rings. The van der Waals surface area contributed by atoms with Gasteiger partial charge in [0.2, 0.25) is 0 Å². The second-order valence-corrected chi connectivity index (χ2v) is 9.02. The van der Waals surface area contributed by atoms with E-state index in [2.05, 4.69) is 29.6 Å². The number of nitrogens with zero attached hydrogens (tertiary/aromatic N) is 2. The first kappa shape index (κ1) is 19.0. The van der Waals surface area contributed by atoms with Crippen LogP contribution >= 0.6 is 0 Å². The summed E-state index contributed by atoms with van der Waals surface area (Å²) < 4.78 is 32.9. The van der Waals surface area contributed by atoms with Crippen molar-refractivity contribution in [2.24, 2.45) is 0 Å². The van der Waals surface area contributed by atoms with E-state index in [1.807, 2.05) is 12.1 Å². The zero-order valence-electron chi connectivity index (χ0n) is 16.3. The van der Waals surface area contributed by atoms with Crippen molar-refractivity contribution in [2.45, 2.75) is 37.1 Å². The molecule has 6 heteroatoms. The average Bonchev–Trinajstić information content (AvgIpc) is 3.07. The lowest BCUT2D eigenvalue weighted by atomic mass is 9.89. The van der Waals surface area contributed by atoms with Crippen LogP contribution in [0.2, 0.25) is 0 Å². The van der Waals surface area contributed by atoms with Crippen molar-refractivity contribution in [1.82, 2.24) is 9.47 Å². The SMILES string of the molecule is CCn1cc(C2CCN(C)CC2)c2cc(OS(=O)(=O)c3ccccc3)ccc21. The fraction of sp³-hybridized carbons (Fsp3) is 0.364. The number of piperidine rings is 1. The first-order valence-corrected chi connectivity index (χ1v) is 11.2. The Hall–Kier alpha value is -2.31. The Morgan fingerprint density at radius 2 is 1.79 bits per heavy atom. The summed E-state index contributed by atoms with van der Waals surface area (Å²) in [6, 6.07) is 13.9. The number of aryl methyl sites for hydroxylation is 1. The predicted molar refractivity (Wildman–Crippen MR) is 111 cm³/mol. The summed E-state index contributed by atoms with van der Waals surface area (Å²) >= 11 is 0. The highest BCUT2D eigenvalue weighted by Gasteiger charge is 2.23. The molecule has 148 valence electrons. The van der Waals surface area contributed by atoms with Gasteiger partial charge in [0, 0.05) is 23.6 Å². The Balaban J connectivity index is 1.71. The van der Waals surface area contributed by atoms with Gasteiger partial charge in [-0.25, -0.2) is 0 Å². The molecule has 0 saturated carbocycles. The number of hydrogen-bond donors (Lipinski definition) is 0. The van der Waals surface area contributed by atoms with Crippen LogP contribution in [0.5, 0.6) is 5.75 Å². The van der Waals surface area contributed by atoms with Gasteiger partial charge in [0.05, 0.1) is 0 Å². The maximum absolute atomic E-state index is 12.6. The monoisotopic (exact) mass is 398 g/mol. The molecule has 0 atom stereocenters. The summed E-state index contributed by atoms with van der Waals surface area (Å²) in [7, 11) is -1.68. The van der Waals surface area contributed by atoms with Crippen LogP contribution in [0.4, 0.5) is 0 Å². The third-order valence-corrected chi connectivity index (χ3v) is 6.88. The average molecular weight is 399 g/mol. The molecule has 0 unspecified atom stereocenters. The van der Waals surface area contributed by atoms with Crippen LogP contribution in [-0.4, -0.2) is 38.0 Å². The second kappa shape index (κ2) is 7.60. The molecule has 0 radical (unpaired) electrons. The topological polar surface area (TPSA) is 51.5 Å². The van der Waals surface area contributed by atoms with E-state index in [1.54, 1.807) is 36.4 Å². The van der Waals surface area contributed by atoms with Gasteiger partial charge in [-0.15, -0.1) is 0 Å². The number of aromatic nitrogens is 1. The summed E-state index contributed by atoms with van der Waals surface area (Å²) in [6.45, 7) is 5.18. The standard InChI is InChI=1S/C22H26N2O3S/c1-3-24-16-21(17-11-13-23(2)14-12-17)20-15-18(9-10-22(20)24)27-28(25,26)19-7-5-4-6-8-19/h4-10,15-17H,3,11-14H2,1-2H3. The van der Waals surface area contributed by atoms with E-state index in [1.165, 1.54) is 5.56 Å². The quantitative estimate of drug-likeness (QED) is 0.603. The Morgan fingerprint density at radius 3 is 2.46 bits per heavy atom. The number of hydrogen-bond acceptors (Lipinski definition) is 4. The summed E-state index contributed by atoms with van der Waals surface area (Å²) in [5.41, 5.74) is 2.42. The van der Waals surface area contributed by atoms with Gasteiger partial charge in [0.25, 0.3) is 0 Å². The minimum Gasteiger partial charge on any atom is -0.379 e. The fourth-order valence-corrected chi connectivity index (χ4v) is 4.97. The van der Waals surface area contributed by atoms with Gasteiger partial charge in [-0.3, -0.25) is 0 Å². The number of rotatable bonds is 5. The minimum atomic E-state index is -3.84. The molecule has 2 heterocycles. The lowest BCUT2D eigenvalue weighted by Crippen LogP contribution is -2.29. The molecule has 0 aliphatic carbocycles. The van der Waals surface area contributed by atoms with Gasteiger partial charge >= 0.3 is 10.1 Å². The Kier molecular flexibility index (Phi) is 5.17. The third kappa shape index (κ3) is 3.66. The van der Waals surface area contributed by atoms with Crippen molar-refractivity contribution in [3.63, 3.8) is 0 Å². The van der Waals surface area contributed by atoms with Crippen LogP contribution < -0.4 is 4.18 Å².